The summed E-state index contributed by atoms with van der Waals surface area (Å²) in [5.74, 6) is 0.397. The molecule has 11 heavy (non-hydrogen) atoms. The Bertz CT molecular complexity index is 140. The third-order valence-electron chi connectivity index (χ3n) is 1.56. The minimum atomic E-state index is -0.0748. The summed E-state index contributed by atoms with van der Waals surface area (Å²) < 4.78 is 0. The van der Waals surface area contributed by atoms with Gasteiger partial charge in [0.05, 0.1) is 5.75 Å². The molecule has 0 atom stereocenters. The third kappa shape index (κ3) is 3.14. The van der Waals surface area contributed by atoms with Crippen LogP contribution in [0.3, 0.4) is 0 Å². The smallest absolute Gasteiger partial charge is 0.232 e. The van der Waals surface area contributed by atoms with Crippen molar-refractivity contribution in [3.63, 3.8) is 0 Å². The van der Waals surface area contributed by atoms with Gasteiger partial charge in [0, 0.05) is 12.1 Å². The Hall–Kier alpha value is -0.180. The topological polar surface area (TPSA) is 20.3 Å². The zero-order valence-corrected chi connectivity index (χ0v) is 8.61. The molecule has 1 amide bonds. The first-order valence-corrected chi connectivity index (χ1v) is 4.48. The first kappa shape index (κ1) is 10.8. The van der Waals surface area contributed by atoms with Crippen molar-refractivity contribution in [3.8, 4) is 0 Å². The number of carbonyl (C=O) groups is 1. The molecule has 0 aliphatic carbocycles. The van der Waals surface area contributed by atoms with E-state index in [4.69, 9.17) is 0 Å². The van der Waals surface area contributed by atoms with Crippen LogP contribution < -0.4 is 0 Å². The Morgan fingerprint density at radius 2 is 1.91 bits per heavy atom. The summed E-state index contributed by atoms with van der Waals surface area (Å²) in [6.45, 7) is 8.81. The molecule has 66 valence electrons. The van der Waals surface area contributed by atoms with Crippen molar-refractivity contribution in [3.05, 3.63) is 0 Å². The zero-order chi connectivity index (χ0) is 9.07. The van der Waals surface area contributed by atoms with E-state index in [1.54, 1.807) is 0 Å². The van der Waals surface area contributed by atoms with Crippen LogP contribution in [0.15, 0.2) is 0 Å². The molecule has 0 radical (unpaired) electrons. The van der Waals surface area contributed by atoms with Gasteiger partial charge in [0.1, 0.15) is 0 Å². The lowest BCUT2D eigenvalue weighted by Crippen LogP contribution is -2.46. The highest BCUT2D eigenvalue weighted by atomic mass is 32.1. The van der Waals surface area contributed by atoms with Crippen molar-refractivity contribution in [2.45, 2.75) is 33.2 Å². The molecule has 0 saturated carbocycles. The number of hydrogen-bond acceptors (Lipinski definition) is 2. The molecule has 0 bridgehead atoms. The van der Waals surface area contributed by atoms with Crippen molar-refractivity contribution in [1.82, 2.24) is 4.90 Å². The van der Waals surface area contributed by atoms with E-state index in [1.807, 2.05) is 32.6 Å². The van der Waals surface area contributed by atoms with E-state index in [1.165, 1.54) is 0 Å². The molecular formula is C8H17NOS. The Balaban J connectivity index is 4.29. The number of amides is 1. The SMILES string of the molecule is CCN(C(=O)CS)C(C)(C)C. The fraction of sp³-hybridized carbons (Fsp3) is 0.875. The van der Waals surface area contributed by atoms with Crippen LogP contribution in [0.5, 0.6) is 0 Å². The molecule has 0 aliphatic rings. The largest absolute Gasteiger partial charge is 0.337 e. The van der Waals surface area contributed by atoms with Crippen molar-refractivity contribution in [2.75, 3.05) is 12.3 Å². The molecular weight excluding hydrogens is 158 g/mol. The predicted molar refractivity (Wildman–Crippen MR) is 51.0 cm³/mol. The second-order valence-electron chi connectivity index (χ2n) is 3.47. The van der Waals surface area contributed by atoms with Gasteiger partial charge in [-0.2, -0.15) is 12.6 Å². The minimum Gasteiger partial charge on any atom is -0.337 e. The maximum absolute atomic E-state index is 11.2. The molecule has 3 heteroatoms. The van der Waals surface area contributed by atoms with Crippen LogP contribution in [-0.2, 0) is 4.79 Å². The molecule has 0 fully saturated rings. The summed E-state index contributed by atoms with van der Waals surface area (Å²) in [4.78, 5) is 13.1. The number of rotatable bonds is 2. The van der Waals surface area contributed by atoms with Crippen molar-refractivity contribution < 1.29 is 4.79 Å². The van der Waals surface area contributed by atoms with E-state index < -0.39 is 0 Å². The Kier molecular flexibility index (Phi) is 3.93. The summed E-state index contributed by atoms with van der Waals surface area (Å²) in [5, 5.41) is 0. The minimum absolute atomic E-state index is 0.0748. The van der Waals surface area contributed by atoms with Gasteiger partial charge in [0.15, 0.2) is 0 Å². The van der Waals surface area contributed by atoms with Gasteiger partial charge in [0.25, 0.3) is 0 Å². The average molecular weight is 175 g/mol. The summed E-state index contributed by atoms with van der Waals surface area (Å²) in [7, 11) is 0. The predicted octanol–water partition coefficient (Wildman–Crippen LogP) is 1.56. The average Bonchev–Trinajstić information content (AvgIpc) is 1.86. The maximum Gasteiger partial charge on any atom is 0.232 e. The van der Waals surface area contributed by atoms with Crippen LogP contribution in [0, 0.1) is 0 Å². The quantitative estimate of drug-likeness (QED) is 0.632. The van der Waals surface area contributed by atoms with Gasteiger partial charge in [-0.15, -0.1) is 0 Å². The Labute approximate surface area is 74.4 Å². The highest BCUT2D eigenvalue weighted by molar-refractivity contribution is 7.81. The lowest BCUT2D eigenvalue weighted by atomic mass is 10.1. The number of thiol groups is 1. The van der Waals surface area contributed by atoms with Gasteiger partial charge in [-0.25, -0.2) is 0 Å². The second-order valence-corrected chi connectivity index (χ2v) is 3.78. The van der Waals surface area contributed by atoms with Crippen LogP contribution in [0.2, 0.25) is 0 Å². The lowest BCUT2D eigenvalue weighted by Gasteiger charge is -2.34. The van der Waals surface area contributed by atoms with Crippen LogP contribution in [0.25, 0.3) is 0 Å². The first-order valence-electron chi connectivity index (χ1n) is 3.84. The molecule has 0 rings (SSSR count). The molecule has 0 N–H and O–H groups in total. The molecule has 0 aromatic heterocycles. The van der Waals surface area contributed by atoms with Crippen LogP contribution >= 0.6 is 12.6 Å². The van der Waals surface area contributed by atoms with Crippen molar-refractivity contribution >= 4 is 18.5 Å². The molecule has 0 heterocycles. The zero-order valence-electron chi connectivity index (χ0n) is 7.72. The number of hydrogen-bond donors (Lipinski definition) is 1. The van der Waals surface area contributed by atoms with Crippen LogP contribution in [0.4, 0.5) is 0 Å². The van der Waals surface area contributed by atoms with Crippen LogP contribution in [0.1, 0.15) is 27.7 Å². The third-order valence-corrected chi connectivity index (χ3v) is 1.83. The second kappa shape index (κ2) is 4.00. The monoisotopic (exact) mass is 175 g/mol. The summed E-state index contributed by atoms with van der Waals surface area (Å²) in [5.41, 5.74) is -0.0748. The molecule has 0 aromatic carbocycles. The van der Waals surface area contributed by atoms with E-state index in [0.29, 0.717) is 5.75 Å². The number of nitrogens with zero attached hydrogens (tertiary/aromatic N) is 1. The first-order chi connectivity index (χ1) is 4.93. The molecule has 0 spiro atoms. The molecule has 0 aliphatic heterocycles. The van der Waals surface area contributed by atoms with E-state index in [2.05, 4.69) is 12.6 Å². The summed E-state index contributed by atoms with van der Waals surface area (Å²) in [6.07, 6.45) is 0. The molecule has 0 saturated heterocycles. The fourth-order valence-electron chi connectivity index (χ4n) is 1.11. The van der Waals surface area contributed by atoms with Gasteiger partial charge in [-0.05, 0) is 27.7 Å². The standard InChI is InChI=1S/C8H17NOS/c1-5-9(7(10)6-11)8(2,3)4/h11H,5-6H2,1-4H3. The summed E-state index contributed by atoms with van der Waals surface area (Å²) in [6, 6.07) is 0. The van der Waals surface area contributed by atoms with Gasteiger partial charge < -0.3 is 4.90 Å². The van der Waals surface area contributed by atoms with E-state index >= 15 is 0 Å². The maximum atomic E-state index is 11.2. The highest BCUT2D eigenvalue weighted by Gasteiger charge is 2.23. The van der Waals surface area contributed by atoms with E-state index in [-0.39, 0.29) is 11.4 Å². The van der Waals surface area contributed by atoms with Gasteiger partial charge in [-0.3, -0.25) is 4.79 Å². The lowest BCUT2D eigenvalue weighted by molar-refractivity contribution is -0.132. The molecule has 2 nitrogen and oxygen atoms in total. The molecule has 0 unspecified atom stereocenters. The normalized spacial score (nSPS) is 11.4. The summed E-state index contributed by atoms with van der Waals surface area (Å²) >= 11 is 3.95. The van der Waals surface area contributed by atoms with Gasteiger partial charge >= 0.3 is 0 Å². The van der Waals surface area contributed by atoms with E-state index in [9.17, 15) is 4.79 Å². The van der Waals surface area contributed by atoms with Crippen LogP contribution in [-0.4, -0.2) is 28.6 Å². The van der Waals surface area contributed by atoms with Gasteiger partial charge in [-0.1, -0.05) is 0 Å². The van der Waals surface area contributed by atoms with Crippen molar-refractivity contribution in [2.24, 2.45) is 0 Å². The highest BCUT2D eigenvalue weighted by Crippen LogP contribution is 2.12. The van der Waals surface area contributed by atoms with E-state index in [0.717, 1.165) is 6.54 Å². The Morgan fingerprint density at radius 1 is 1.45 bits per heavy atom. The fourth-order valence-corrected chi connectivity index (χ4v) is 1.28. The van der Waals surface area contributed by atoms with Crippen molar-refractivity contribution in [1.29, 1.82) is 0 Å². The molecule has 0 aromatic rings. The van der Waals surface area contributed by atoms with Gasteiger partial charge in [0.2, 0.25) is 5.91 Å². The number of carbonyl (C=O) groups excluding carboxylic acids is 1. The Morgan fingerprint density at radius 3 is 2.00 bits per heavy atom.